The summed E-state index contributed by atoms with van der Waals surface area (Å²) in [5.74, 6) is -0.810. The van der Waals surface area contributed by atoms with E-state index in [-0.39, 0.29) is 23.4 Å². The van der Waals surface area contributed by atoms with Crippen molar-refractivity contribution in [2.45, 2.75) is 89.7 Å². The Hall–Kier alpha value is -3.07. The number of aryl methyl sites for hydroxylation is 3. The van der Waals surface area contributed by atoms with Gasteiger partial charge in [0.25, 0.3) is 10.0 Å². The molecule has 0 aliphatic heterocycles. The number of nitrogens with one attached hydrogen (secondary N) is 1. The molecule has 1 atom stereocenters. The molecule has 0 bridgehead atoms. The molecular weight excluding hydrogens is 617 g/mol. The minimum absolute atomic E-state index is 0.0418. The molecule has 1 N–H and O–H groups in total. The number of carbonyl (C=O) groups excluding carboxylic acids is 2. The van der Waals surface area contributed by atoms with Gasteiger partial charge in [0.1, 0.15) is 12.6 Å². The van der Waals surface area contributed by atoms with Gasteiger partial charge in [0.15, 0.2) is 0 Å². The zero-order chi connectivity index (χ0) is 32.0. The number of nitrogens with zero attached hydrogens (tertiary/aromatic N) is 2. The van der Waals surface area contributed by atoms with Crippen molar-refractivity contribution in [3.63, 3.8) is 0 Å². The number of halogens is 2. The van der Waals surface area contributed by atoms with Crippen molar-refractivity contribution >= 4 is 50.7 Å². The second-order valence-corrected chi connectivity index (χ2v) is 14.3. The van der Waals surface area contributed by atoms with Crippen molar-refractivity contribution in [2.24, 2.45) is 0 Å². The third kappa shape index (κ3) is 7.95. The predicted molar refractivity (Wildman–Crippen MR) is 178 cm³/mol. The first kappa shape index (κ1) is 33.8. The van der Waals surface area contributed by atoms with E-state index in [2.05, 4.69) is 5.32 Å². The summed E-state index contributed by atoms with van der Waals surface area (Å²) >= 11 is 13.1. The van der Waals surface area contributed by atoms with E-state index in [9.17, 15) is 18.0 Å². The number of hydrogen-bond acceptors (Lipinski definition) is 4. The lowest BCUT2D eigenvalue weighted by molar-refractivity contribution is -0.140. The predicted octanol–water partition coefficient (Wildman–Crippen LogP) is 7.37. The van der Waals surface area contributed by atoms with Gasteiger partial charge in [0.05, 0.1) is 10.6 Å². The Labute approximate surface area is 271 Å². The average molecular weight is 659 g/mol. The van der Waals surface area contributed by atoms with Gasteiger partial charge < -0.3 is 10.2 Å². The molecule has 0 heterocycles. The molecule has 1 aliphatic carbocycles. The van der Waals surface area contributed by atoms with Crippen molar-refractivity contribution in [3.8, 4) is 0 Å². The first-order valence-corrected chi connectivity index (χ1v) is 17.3. The van der Waals surface area contributed by atoms with Crippen LogP contribution in [0.5, 0.6) is 0 Å². The van der Waals surface area contributed by atoms with E-state index in [0.717, 1.165) is 53.1 Å². The fourth-order valence-electron chi connectivity index (χ4n) is 5.56. The van der Waals surface area contributed by atoms with Gasteiger partial charge in [0.2, 0.25) is 11.8 Å². The fraction of sp³-hybridized carbons (Fsp3) is 0.412. The van der Waals surface area contributed by atoms with Gasteiger partial charge in [-0.25, -0.2) is 8.42 Å². The Morgan fingerprint density at radius 3 is 2.14 bits per heavy atom. The van der Waals surface area contributed by atoms with Gasteiger partial charge in [-0.1, -0.05) is 79.2 Å². The van der Waals surface area contributed by atoms with Crippen molar-refractivity contribution in [2.75, 3.05) is 10.8 Å². The van der Waals surface area contributed by atoms with E-state index in [0.29, 0.717) is 27.7 Å². The number of rotatable bonds is 11. The molecule has 1 fully saturated rings. The number of sulfonamides is 1. The topological polar surface area (TPSA) is 86.8 Å². The molecule has 7 nitrogen and oxygen atoms in total. The number of benzene rings is 3. The Morgan fingerprint density at radius 1 is 0.909 bits per heavy atom. The Balaban J connectivity index is 1.76. The van der Waals surface area contributed by atoms with Gasteiger partial charge in [-0.3, -0.25) is 13.9 Å². The highest BCUT2D eigenvalue weighted by Crippen LogP contribution is 2.30. The molecule has 10 heteroatoms. The van der Waals surface area contributed by atoms with Crippen LogP contribution in [0.3, 0.4) is 0 Å². The lowest BCUT2D eigenvalue weighted by Crippen LogP contribution is -2.54. The molecule has 0 spiro atoms. The van der Waals surface area contributed by atoms with Gasteiger partial charge in [0, 0.05) is 28.2 Å². The maximum atomic E-state index is 14.4. The SMILES string of the molecule is CCC(C(=O)NC1CCCCC1)N(Cc1c(Cl)cccc1Cl)C(=O)CN(c1ccc(C)c(C)c1)S(=O)(=O)c1ccc(C)cc1. The zero-order valence-corrected chi connectivity index (χ0v) is 28.1. The van der Waals surface area contributed by atoms with E-state index in [1.807, 2.05) is 33.8 Å². The Kier molecular flexibility index (Phi) is 11.4. The summed E-state index contributed by atoms with van der Waals surface area (Å²) in [6.07, 6.45) is 5.33. The van der Waals surface area contributed by atoms with Crippen LogP contribution >= 0.6 is 23.2 Å². The number of amides is 2. The zero-order valence-electron chi connectivity index (χ0n) is 25.8. The molecule has 0 aromatic heterocycles. The van der Waals surface area contributed by atoms with Crippen LogP contribution < -0.4 is 9.62 Å². The normalized spacial score (nSPS) is 14.6. The minimum atomic E-state index is -4.16. The smallest absolute Gasteiger partial charge is 0.264 e. The third-order valence-corrected chi connectivity index (χ3v) is 10.9. The minimum Gasteiger partial charge on any atom is -0.352 e. The molecule has 3 aromatic rings. The van der Waals surface area contributed by atoms with Gasteiger partial charge in [-0.15, -0.1) is 0 Å². The largest absolute Gasteiger partial charge is 0.352 e. The summed E-state index contributed by atoms with van der Waals surface area (Å²) in [7, 11) is -4.16. The Morgan fingerprint density at radius 2 is 1.55 bits per heavy atom. The van der Waals surface area contributed by atoms with Crippen molar-refractivity contribution < 1.29 is 18.0 Å². The van der Waals surface area contributed by atoms with Crippen molar-refractivity contribution in [1.29, 1.82) is 0 Å². The second-order valence-electron chi connectivity index (χ2n) is 11.6. The highest BCUT2D eigenvalue weighted by atomic mass is 35.5. The van der Waals surface area contributed by atoms with Crippen molar-refractivity contribution in [1.82, 2.24) is 10.2 Å². The lowest BCUT2D eigenvalue weighted by atomic mass is 9.95. The molecule has 44 heavy (non-hydrogen) atoms. The highest BCUT2D eigenvalue weighted by Gasteiger charge is 2.35. The molecule has 236 valence electrons. The van der Waals surface area contributed by atoms with Crippen molar-refractivity contribution in [3.05, 3.63) is 93.0 Å². The third-order valence-electron chi connectivity index (χ3n) is 8.39. The monoisotopic (exact) mass is 657 g/mol. The van der Waals surface area contributed by atoms with E-state index in [1.165, 1.54) is 17.0 Å². The molecule has 4 rings (SSSR count). The van der Waals surface area contributed by atoms with Crippen LogP contribution in [0.4, 0.5) is 5.69 Å². The molecule has 0 saturated heterocycles. The first-order valence-electron chi connectivity index (χ1n) is 15.1. The van der Waals surface area contributed by atoms with Crippen LogP contribution in [0.15, 0.2) is 65.6 Å². The molecule has 1 saturated carbocycles. The first-order chi connectivity index (χ1) is 20.9. The standard InChI is InChI=1S/C34H41Cl2N3O4S/c1-5-32(34(41)37-26-10-7-6-8-11-26)38(21-29-30(35)12-9-13-31(29)36)33(40)22-39(27-17-16-24(3)25(4)20-27)44(42,43)28-18-14-23(2)15-19-28/h9,12-20,26,32H,5-8,10-11,21-22H2,1-4H3,(H,37,41). The van der Waals surface area contributed by atoms with E-state index >= 15 is 0 Å². The Bertz CT molecular complexity index is 1570. The van der Waals surface area contributed by atoms with E-state index < -0.39 is 28.5 Å². The van der Waals surface area contributed by atoms with Crippen LogP contribution in [-0.4, -0.2) is 43.8 Å². The van der Waals surface area contributed by atoms with Crippen LogP contribution in [0.2, 0.25) is 10.0 Å². The summed E-state index contributed by atoms with van der Waals surface area (Å²) < 4.78 is 29.4. The molecule has 1 unspecified atom stereocenters. The van der Waals surface area contributed by atoms with Gasteiger partial charge in [-0.05, 0) is 87.6 Å². The molecule has 0 radical (unpaired) electrons. The summed E-state index contributed by atoms with van der Waals surface area (Å²) in [4.78, 5) is 29.6. The number of carbonyl (C=O) groups is 2. The van der Waals surface area contributed by atoms with Gasteiger partial charge >= 0.3 is 0 Å². The molecule has 1 aliphatic rings. The lowest BCUT2D eigenvalue weighted by Gasteiger charge is -2.35. The highest BCUT2D eigenvalue weighted by molar-refractivity contribution is 7.92. The van der Waals surface area contributed by atoms with E-state index in [4.69, 9.17) is 23.2 Å². The average Bonchev–Trinajstić information content (AvgIpc) is 2.99. The molecule has 3 aromatic carbocycles. The van der Waals surface area contributed by atoms with Crippen LogP contribution in [-0.2, 0) is 26.2 Å². The number of anilines is 1. The summed E-state index contributed by atoms with van der Waals surface area (Å²) in [6, 6.07) is 16.1. The van der Waals surface area contributed by atoms with Gasteiger partial charge in [-0.2, -0.15) is 0 Å². The van der Waals surface area contributed by atoms with Crippen LogP contribution in [0.25, 0.3) is 0 Å². The quantitative estimate of drug-likeness (QED) is 0.233. The van der Waals surface area contributed by atoms with Crippen LogP contribution in [0.1, 0.15) is 67.7 Å². The maximum absolute atomic E-state index is 14.4. The van der Waals surface area contributed by atoms with E-state index in [1.54, 1.807) is 42.5 Å². The van der Waals surface area contributed by atoms with Crippen LogP contribution in [0, 0.1) is 20.8 Å². The maximum Gasteiger partial charge on any atom is 0.264 e. The second kappa shape index (κ2) is 14.8. The number of hydrogen-bond donors (Lipinski definition) is 1. The molecule has 2 amide bonds. The summed E-state index contributed by atoms with van der Waals surface area (Å²) in [6.45, 7) is 6.97. The summed E-state index contributed by atoms with van der Waals surface area (Å²) in [5, 5.41) is 3.86. The molecular formula is C34H41Cl2N3O4S. The fourth-order valence-corrected chi connectivity index (χ4v) is 7.49. The summed E-state index contributed by atoms with van der Waals surface area (Å²) in [5.41, 5.74) is 3.64.